The lowest BCUT2D eigenvalue weighted by Gasteiger charge is -2.32. The van der Waals surface area contributed by atoms with Gasteiger partial charge < -0.3 is 9.31 Å². The molecule has 1 aliphatic rings. The van der Waals surface area contributed by atoms with Crippen molar-refractivity contribution in [2.24, 2.45) is 0 Å². The van der Waals surface area contributed by atoms with Crippen molar-refractivity contribution in [1.29, 1.82) is 0 Å². The molecule has 2 nitrogen and oxygen atoms in total. The summed E-state index contributed by atoms with van der Waals surface area (Å²) >= 11 is 3.52. The Labute approximate surface area is 153 Å². The molecule has 0 aliphatic carbocycles. The first kappa shape index (κ1) is 17.7. The normalized spacial score (nSPS) is 20.1. The standard InChI is InChI=1S/C20H24BBrO2/c1-19(2)20(3,4)24-21(23-19)18(14-15-8-6-5-7-9-15)16-10-12-17(22)13-11-16/h5-13,18H,14H2,1-4H3. The van der Waals surface area contributed by atoms with Crippen molar-refractivity contribution < 1.29 is 9.31 Å². The third kappa shape index (κ3) is 3.61. The molecule has 0 radical (unpaired) electrons. The van der Waals surface area contributed by atoms with Gasteiger partial charge in [-0.1, -0.05) is 58.4 Å². The maximum Gasteiger partial charge on any atom is 0.466 e. The van der Waals surface area contributed by atoms with Gasteiger partial charge in [0.2, 0.25) is 0 Å². The van der Waals surface area contributed by atoms with Gasteiger partial charge >= 0.3 is 7.12 Å². The highest BCUT2D eigenvalue weighted by atomic mass is 79.9. The van der Waals surface area contributed by atoms with E-state index < -0.39 is 0 Å². The summed E-state index contributed by atoms with van der Waals surface area (Å²) in [6.45, 7) is 8.42. The van der Waals surface area contributed by atoms with Crippen molar-refractivity contribution in [3.8, 4) is 0 Å². The number of halogens is 1. The lowest BCUT2D eigenvalue weighted by Crippen LogP contribution is -2.41. The van der Waals surface area contributed by atoms with E-state index in [2.05, 4.69) is 92.2 Å². The molecule has 2 aromatic rings. The number of rotatable bonds is 4. The van der Waals surface area contributed by atoms with Crippen LogP contribution in [0.2, 0.25) is 0 Å². The van der Waals surface area contributed by atoms with Crippen LogP contribution in [0.5, 0.6) is 0 Å². The minimum absolute atomic E-state index is 0.154. The highest BCUT2D eigenvalue weighted by molar-refractivity contribution is 9.10. The summed E-state index contributed by atoms with van der Waals surface area (Å²) in [5.41, 5.74) is 1.89. The number of hydrogen-bond acceptors (Lipinski definition) is 2. The van der Waals surface area contributed by atoms with Crippen LogP contribution in [0, 0.1) is 0 Å². The van der Waals surface area contributed by atoms with Gasteiger partial charge in [-0.15, -0.1) is 0 Å². The molecule has 3 rings (SSSR count). The molecule has 0 aromatic heterocycles. The molecule has 24 heavy (non-hydrogen) atoms. The van der Waals surface area contributed by atoms with Crippen LogP contribution in [0.4, 0.5) is 0 Å². The van der Waals surface area contributed by atoms with Gasteiger partial charge in [-0.25, -0.2) is 0 Å². The molecular weight excluding hydrogens is 363 g/mol. The molecule has 0 amide bonds. The predicted molar refractivity (Wildman–Crippen MR) is 103 cm³/mol. The zero-order valence-corrected chi connectivity index (χ0v) is 16.3. The van der Waals surface area contributed by atoms with Crippen LogP contribution in [0.15, 0.2) is 59.1 Å². The van der Waals surface area contributed by atoms with Gasteiger partial charge in [0, 0.05) is 10.3 Å². The molecule has 1 saturated heterocycles. The zero-order valence-electron chi connectivity index (χ0n) is 14.8. The Balaban J connectivity index is 1.92. The van der Waals surface area contributed by atoms with E-state index in [0.717, 1.165) is 10.9 Å². The molecule has 2 aromatic carbocycles. The average Bonchev–Trinajstić information content (AvgIpc) is 2.75. The minimum Gasteiger partial charge on any atom is -0.403 e. The summed E-state index contributed by atoms with van der Waals surface area (Å²) in [4.78, 5) is 0. The predicted octanol–water partition coefficient (Wildman–Crippen LogP) is 5.41. The molecule has 1 unspecified atom stereocenters. The van der Waals surface area contributed by atoms with Crippen LogP contribution in [0.25, 0.3) is 0 Å². The monoisotopic (exact) mass is 386 g/mol. The summed E-state index contributed by atoms with van der Waals surface area (Å²) in [7, 11) is -0.253. The van der Waals surface area contributed by atoms with Crippen molar-refractivity contribution in [3.05, 3.63) is 70.2 Å². The highest BCUT2D eigenvalue weighted by Gasteiger charge is 2.53. The van der Waals surface area contributed by atoms with Gasteiger partial charge in [-0.3, -0.25) is 0 Å². The molecule has 1 atom stereocenters. The smallest absolute Gasteiger partial charge is 0.403 e. The lowest BCUT2D eigenvalue weighted by atomic mass is 9.65. The summed E-state index contributed by atoms with van der Waals surface area (Å²) in [6, 6.07) is 19.0. The van der Waals surface area contributed by atoms with E-state index in [4.69, 9.17) is 9.31 Å². The van der Waals surface area contributed by atoms with Crippen LogP contribution in [-0.2, 0) is 15.7 Å². The Morgan fingerprint density at radius 3 is 1.96 bits per heavy atom. The molecule has 4 heteroatoms. The van der Waals surface area contributed by atoms with E-state index in [1.54, 1.807) is 0 Å². The number of hydrogen-bond donors (Lipinski definition) is 0. The second kappa shape index (κ2) is 6.66. The van der Waals surface area contributed by atoms with Crippen molar-refractivity contribution in [1.82, 2.24) is 0 Å². The Morgan fingerprint density at radius 1 is 0.875 bits per heavy atom. The van der Waals surface area contributed by atoms with Crippen LogP contribution >= 0.6 is 15.9 Å². The Hall–Kier alpha value is -1.10. The molecule has 126 valence electrons. The topological polar surface area (TPSA) is 18.5 Å². The third-order valence-electron chi connectivity index (χ3n) is 5.20. The van der Waals surface area contributed by atoms with Crippen molar-refractivity contribution >= 4 is 23.0 Å². The maximum absolute atomic E-state index is 6.35. The highest BCUT2D eigenvalue weighted by Crippen LogP contribution is 2.41. The fourth-order valence-corrected chi connectivity index (χ4v) is 3.27. The van der Waals surface area contributed by atoms with Gasteiger partial charge in [0.05, 0.1) is 11.2 Å². The Morgan fingerprint density at radius 2 is 1.42 bits per heavy atom. The first-order valence-electron chi connectivity index (χ1n) is 8.43. The van der Waals surface area contributed by atoms with Crippen molar-refractivity contribution in [3.63, 3.8) is 0 Å². The molecular formula is C20H24BBrO2. The maximum atomic E-state index is 6.35. The van der Waals surface area contributed by atoms with Crippen molar-refractivity contribution in [2.75, 3.05) is 0 Å². The largest absolute Gasteiger partial charge is 0.466 e. The lowest BCUT2D eigenvalue weighted by molar-refractivity contribution is 0.00578. The fourth-order valence-electron chi connectivity index (χ4n) is 3.00. The zero-order chi connectivity index (χ0) is 17.4. The van der Waals surface area contributed by atoms with Gasteiger partial charge in [0.25, 0.3) is 0 Å². The van der Waals surface area contributed by atoms with Crippen LogP contribution in [0.3, 0.4) is 0 Å². The van der Waals surface area contributed by atoms with Crippen LogP contribution in [-0.4, -0.2) is 18.3 Å². The average molecular weight is 387 g/mol. The molecule has 0 saturated carbocycles. The first-order valence-corrected chi connectivity index (χ1v) is 9.23. The second-order valence-corrected chi connectivity index (χ2v) is 8.39. The fraction of sp³-hybridized carbons (Fsp3) is 0.400. The Bertz CT molecular complexity index is 667. The summed E-state index contributed by atoms with van der Waals surface area (Å²) in [5.74, 6) is 0.154. The van der Waals surface area contributed by atoms with Gasteiger partial charge in [-0.05, 0) is 57.4 Å². The van der Waals surface area contributed by atoms with E-state index >= 15 is 0 Å². The summed E-state index contributed by atoms with van der Waals surface area (Å²) in [5, 5.41) is 0. The van der Waals surface area contributed by atoms with E-state index in [1.165, 1.54) is 11.1 Å². The van der Waals surface area contributed by atoms with E-state index in [1.807, 2.05) is 6.07 Å². The van der Waals surface area contributed by atoms with Gasteiger partial charge in [0.1, 0.15) is 0 Å². The van der Waals surface area contributed by atoms with E-state index in [9.17, 15) is 0 Å². The first-order chi connectivity index (χ1) is 11.3. The molecule has 0 bridgehead atoms. The molecule has 0 N–H and O–H groups in total. The van der Waals surface area contributed by atoms with Crippen LogP contribution < -0.4 is 0 Å². The third-order valence-corrected chi connectivity index (χ3v) is 5.73. The molecule has 1 aliphatic heterocycles. The minimum atomic E-state index is -0.317. The molecule has 1 heterocycles. The SMILES string of the molecule is CC1(C)OB(C(Cc2ccccc2)c2ccc(Br)cc2)OC1(C)C. The summed E-state index contributed by atoms with van der Waals surface area (Å²) in [6.07, 6.45) is 0.888. The second-order valence-electron chi connectivity index (χ2n) is 7.47. The Kier molecular flexibility index (Phi) is 4.92. The van der Waals surface area contributed by atoms with Gasteiger partial charge in [-0.2, -0.15) is 0 Å². The molecule has 1 fully saturated rings. The van der Waals surface area contributed by atoms with Crippen molar-refractivity contribution in [2.45, 2.75) is 51.1 Å². The van der Waals surface area contributed by atoms with E-state index in [-0.39, 0.29) is 24.1 Å². The molecule has 0 spiro atoms. The quantitative estimate of drug-likeness (QED) is 0.654. The van der Waals surface area contributed by atoms with Crippen LogP contribution in [0.1, 0.15) is 44.6 Å². The summed E-state index contributed by atoms with van der Waals surface area (Å²) < 4.78 is 13.8. The van der Waals surface area contributed by atoms with E-state index in [0.29, 0.717) is 0 Å². The number of benzene rings is 2. The van der Waals surface area contributed by atoms with Gasteiger partial charge in [0.15, 0.2) is 0 Å².